The van der Waals surface area contributed by atoms with Crippen LogP contribution in [0.2, 0.25) is 5.02 Å². The largest absolute Gasteiger partial charge is 0.384 e. The molecule has 6 heteroatoms. The highest BCUT2D eigenvalue weighted by Crippen LogP contribution is 2.16. The summed E-state index contributed by atoms with van der Waals surface area (Å²) in [7, 11) is 0. The Morgan fingerprint density at radius 1 is 1.53 bits per heavy atom. The standard InChI is InChI=1S/C13H14ClN3OS/c1-8(7-9-3-2-6-19-9)16-13(18)12-10(14)4-5-11(15)17-12/h2-6,8H,7H2,1H3,(H2,15,17)(H,16,18). The van der Waals surface area contributed by atoms with Crippen LogP contribution >= 0.6 is 22.9 Å². The van der Waals surface area contributed by atoms with Crippen LogP contribution in [0.5, 0.6) is 0 Å². The fourth-order valence-corrected chi connectivity index (χ4v) is 2.72. The number of nitrogen functional groups attached to an aromatic ring is 1. The van der Waals surface area contributed by atoms with E-state index >= 15 is 0 Å². The lowest BCUT2D eigenvalue weighted by Gasteiger charge is -2.13. The molecule has 0 aliphatic heterocycles. The van der Waals surface area contributed by atoms with Crippen molar-refractivity contribution in [3.05, 3.63) is 45.2 Å². The summed E-state index contributed by atoms with van der Waals surface area (Å²) >= 11 is 7.61. The molecule has 2 rings (SSSR count). The van der Waals surface area contributed by atoms with Crippen molar-refractivity contribution < 1.29 is 4.79 Å². The lowest BCUT2D eigenvalue weighted by atomic mass is 10.2. The van der Waals surface area contributed by atoms with Crippen molar-refractivity contribution in [3.8, 4) is 0 Å². The van der Waals surface area contributed by atoms with Crippen molar-refractivity contribution in [2.24, 2.45) is 0 Å². The Morgan fingerprint density at radius 3 is 3.00 bits per heavy atom. The van der Waals surface area contributed by atoms with Crippen LogP contribution in [0.15, 0.2) is 29.6 Å². The van der Waals surface area contributed by atoms with Gasteiger partial charge in [0.15, 0.2) is 0 Å². The van der Waals surface area contributed by atoms with E-state index in [4.69, 9.17) is 17.3 Å². The summed E-state index contributed by atoms with van der Waals surface area (Å²) in [6.45, 7) is 1.94. The van der Waals surface area contributed by atoms with Crippen molar-refractivity contribution in [2.75, 3.05) is 5.73 Å². The zero-order valence-corrected chi connectivity index (χ0v) is 12.0. The van der Waals surface area contributed by atoms with Gasteiger partial charge < -0.3 is 11.1 Å². The van der Waals surface area contributed by atoms with Crippen LogP contribution in [0.3, 0.4) is 0 Å². The van der Waals surface area contributed by atoms with Gasteiger partial charge in [0.05, 0.1) is 5.02 Å². The van der Waals surface area contributed by atoms with Crippen LogP contribution in [0.4, 0.5) is 5.82 Å². The van der Waals surface area contributed by atoms with Gasteiger partial charge in [-0.1, -0.05) is 17.7 Å². The van der Waals surface area contributed by atoms with Gasteiger partial charge in [-0.2, -0.15) is 0 Å². The molecule has 0 aliphatic rings. The van der Waals surface area contributed by atoms with Gasteiger partial charge >= 0.3 is 0 Å². The van der Waals surface area contributed by atoms with E-state index in [2.05, 4.69) is 10.3 Å². The minimum Gasteiger partial charge on any atom is -0.384 e. The lowest BCUT2D eigenvalue weighted by Crippen LogP contribution is -2.34. The zero-order valence-electron chi connectivity index (χ0n) is 10.4. The fraction of sp³-hybridized carbons (Fsp3) is 0.231. The SMILES string of the molecule is CC(Cc1cccs1)NC(=O)c1nc(N)ccc1Cl. The number of nitrogens with two attached hydrogens (primary N) is 1. The summed E-state index contributed by atoms with van der Waals surface area (Å²) in [6.07, 6.45) is 0.781. The number of anilines is 1. The smallest absolute Gasteiger partial charge is 0.271 e. The van der Waals surface area contributed by atoms with Crippen molar-refractivity contribution >= 4 is 34.7 Å². The Bertz CT molecular complexity index is 571. The first-order chi connectivity index (χ1) is 9.06. The quantitative estimate of drug-likeness (QED) is 0.911. The lowest BCUT2D eigenvalue weighted by molar-refractivity contribution is 0.0935. The van der Waals surface area contributed by atoms with E-state index in [-0.39, 0.29) is 23.5 Å². The van der Waals surface area contributed by atoms with Crippen LogP contribution in [0.25, 0.3) is 0 Å². The number of hydrogen-bond donors (Lipinski definition) is 2. The average Bonchev–Trinajstić information content (AvgIpc) is 2.84. The third-order valence-corrected chi connectivity index (χ3v) is 3.75. The maximum absolute atomic E-state index is 12.0. The van der Waals surface area contributed by atoms with Crippen LogP contribution in [0.1, 0.15) is 22.3 Å². The number of carbonyl (C=O) groups excluding carboxylic acids is 1. The van der Waals surface area contributed by atoms with E-state index in [1.165, 1.54) is 4.88 Å². The number of nitrogens with one attached hydrogen (secondary N) is 1. The van der Waals surface area contributed by atoms with Gasteiger partial charge in [0.2, 0.25) is 0 Å². The molecule has 4 nitrogen and oxygen atoms in total. The second kappa shape index (κ2) is 6.04. The molecule has 0 saturated heterocycles. The summed E-state index contributed by atoms with van der Waals surface area (Å²) < 4.78 is 0. The molecule has 2 heterocycles. The van der Waals surface area contributed by atoms with Gasteiger partial charge in [-0.15, -0.1) is 11.3 Å². The number of aromatic nitrogens is 1. The molecule has 0 saturated carbocycles. The highest BCUT2D eigenvalue weighted by molar-refractivity contribution is 7.09. The third-order valence-electron chi connectivity index (χ3n) is 2.55. The van der Waals surface area contributed by atoms with Crippen molar-refractivity contribution in [3.63, 3.8) is 0 Å². The summed E-state index contributed by atoms with van der Waals surface area (Å²) in [5, 5.41) is 5.18. The molecule has 0 fully saturated rings. The van der Waals surface area contributed by atoms with Gasteiger partial charge in [0.25, 0.3) is 5.91 Å². The van der Waals surface area contributed by atoms with Crippen LogP contribution in [0, 0.1) is 0 Å². The first kappa shape index (κ1) is 13.8. The molecule has 0 radical (unpaired) electrons. The number of nitrogens with zero attached hydrogens (tertiary/aromatic N) is 1. The van der Waals surface area contributed by atoms with E-state index in [1.54, 1.807) is 23.5 Å². The van der Waals surface area contributed by atoms with E-state index in [0.29, 0.717) is 5.02 Å². The molecule has 2 aromatic heterocycles. The molecule has 0 aromatic carbocycles. The first-order valence-electron chi connectivity index (χ1n) is 5.81. The summed E-state index contributed by atoms with van der Waals surface area (Å²) in [4.78, 5) is 17.2. The van der Waals surface area contributed by atoms with E-state index in [9.17, 15) is 4.79 Å². The number of amides is 1. The third kappa shape index (κ3) is 3.68. The topological polar surface area (TPSA) is 68.0 Å². The minimum atomic E-state index is -0.304. The Labute approximate surface area is 120 Å². The van der Waals surface area contributed by atoms with Crippen LogP contribution in [-0.2, 0) is 6.42 Å². The predicted octanol–water partition coefficient (Wildman–Crippen LogP) is 2.74. The first-order valence-corrected chi connectivity index (χ1v) is 7.07. The zero-order chi connectivity index (χ0) is 13.8. The van der Waals surface area contributed by atoms with Gasteiger partial charge in [0, 0.05) is 17.3 Å². The molecule has 0 bridgehead atoms. The number of hydrogen-bond acceptors (Lipinski definition) is 4. The molecular formula is C13H14ClN3OS. The number of halogens is 1. The van der Waals surface area contributed by atoms with Crippen molar-refractivity contribution in [2.45, 2.75) is 19.4 Å². The van der Waals surface area contributed by atoms with Crippen LogP contribution < -0.4 is 11.1 Å². The van der Waals surface area contributed by atoms with Gasteiger partial charge in [-0.3, -0.25) is 4.79 Å². The monoisotopic (exact) mass is 295 g/mol. The second-order valence-corrected chi connectivity index (χ2v) is 5.66. The van der Waals surface area contributed by atoms with Crippen LogP contribution in [-0.4, -0.2) is 16.9 Å². The Balaban J connectivity index is 2.02. The maximum atomic E-state index is 12.0. The molecular weight excluding hydrogens is 282 g/mol. The second-order valence-electron chi connectivity index (χ2n) is 4.22. The minimum absolute atomic E-state index is 0.00504. The Hall–Kier alpha value is -1.59. The molecule has 1 amide bonds. The molecule has 0 spiro atoms. The highest BCUT2D eigenvalue weighted by atomic mass is 35.5. The molecule has 1 atom stereocenters. The van der Waals surface area contributed by atoms with Crippen molar-refractivity contribution in [1.29, 1.82) is 0 Å². The summed E-state index contributed by atoms with van der Waals surface area (Å²) in [6, 6.07) is 7.17. The summed E-state index contributed by atoms with van der Waals surface area (Å²) in [5.41, 5.74) is 5.72. The highest BCUT2D eigenvalue weighted by Gasteiger charge is 2.15. The number of pyridine rings is 1. The number of carbonyl (C=O) groups is 1. The number of thiophene rings is 1. The number of rotatable bonds is 4. The predicted molar refractivity (Wildman–Crippen MR) is 78.6 cm³/mol. The van der Waals surface area contributed by atoms with E-state index in [0.717, 1.165) is 6.42 Å². The van der Waals surface area contributed by atoms with E-state index < -0.39 is 0 Å². The molecule has 19 heavy (non-hydrogen) atoms. The van der Waals surface area contributed by atoms with E-state index in [1.807, 2.05) is 24.4 Å². The molecule has 1 unspecified atom stereocenters. The molecule has 100 valence electrons. The van der Waals surface area contributed by atoms with Gasteiger partial charge in [-0.05, 0) is 30.5 Å². The Morgan fingerprint density at radius 2 is 2.32 bits per heavy atom. The normalized spacial score (nSPS) is 12.1. The Kier molecular flexibility index (Phi) is 4.39. The van der Waals surface area contributed by atoms with Gasteiger partial charge in [-0.25, -0.2) is 4.98 Å². The van der Waals surface area contributed by atoms with Gasteiger partial charge in [0.1, 0.15) is 11.5 Å². The molecule has 3 N–H and O–H groups in total. The van der Waals surface area contributed by atoms with Crippen molar-refractivity contribution in [1.82, 2.24) is 10.3 Å². The summed E-state index contributed by atoms with van der Waals surface area (Å²) in [5.74, 6) is -0.0261. The molecule has 2 aromatic rings. The molecule has 0 aliphatic carbocycles. The average molecular weight is 296 g/mol. The fourth-order valence-electron chi connectivity index (χ4n) is 1.69. The maximum Gasteiger partial charge on any atom is 0.271 e.